The van der Waals surface area contributed by atoms with Gasteiger partial charge in [0.25, 0.3) is 0 Å². The summed E-state index contributed by atoms with van der Waals surface area (Å²) in [6.07, 6.45) is 0. The third kappa shape index (κ3) is 4.50. The first kappa shape index (κ1) is 12.6. The predicted molar refractivity (Wildman–Crippen MR) is 73.6 cm³/mol. The van der Waals surface area contributed by atoms with Gasteiger partial charge in [-0.15, -0.1) is 11.3 Å². The van der Waals surface area contributed by atoms with E-state index in [1.165, 1.54) is 4.88 Å². The number of halogens is 1. The van der Waals surface area contributed by atoms with E-state index in [9.17, 15) is 0 Å². The van der Waals surface area contributed by atoms with Crippen molar-refractivity contribution in [3.8, 4) is 5.75 Å². The lowest BCUT2D eigenvalue weighted by Gasteiger charge is -2.06. The van der Waals surface area contributed by atoms with Gasteiger partial charge in [0.05, 0.1) is 13.2 Å². The van der Waals surface area contributed by atoms with Crippen molar-refractivity contribution in [3.05, 3.63) is 51.1 Å². The van der Waals surface area contributed by atoms with E-state index in [-0.39, 0.29) is 0 Å². The monoisotopic (exact) mass is 312 g/mol. The molecule has 0 fully saturated rings. The summed E-state index contributed by atoms with van der Waals surface area (Å²) in [5.74, 6) is 0.860. The molecule has 0 atom stereocenters. The van der Waals surface area contributed by atoms with Crippen LogP contribution in [-0.4, -0.2) is 13.2 Å². The zero-order valence-electron chi connectivity index (χ0n) is 9.27. The van der Waals surface area contributed by atoms with Crippen LogP contribution in [-0.2, 0) is 11.3 Å². The van der Waals surface area contributed by atoms with Crippen molar-refractivity contribution < 1.29 is 9.47 Å². The van der Waals surface area contributed by atoms with E-state index in [4.69, 9.17) is 9.47 Å². The van der Waals surface area contributed by atoms with Crippen molar-refractivity contribution >= 4 is 27.3 Å². The van der Waals surface area contributed by atoms with Crippen LogP contribution in [0.3, 0.4) is 0 Å². The number of hydrogen-bond donors (Lipinski definition) is 0. The first-order valence-corrected chi connectivity index (χ1v) is 7.00. The van der Waals surface area contributed by atoms with E-state index in [2.05, 4.69) is 27.4 Å². The maximum atomic E-state index is 5.55. The molecule has 4 heteroatoms. The fourth-order valence-corrected chi connectivity index (χ4v) is 2.36. The summed E-state index contributed by atoms with van der Waals surface area (Å²) in [5.41, 5.74) is 0. The van der Waals surface area contributed by atoms with Gasteiger partial charge in [0, 0.05) is 9.35 Å². The van der Waals surface area contributed by atoms with Crippen molar-refractivity contribution in [2.24, 2.45) is 0 Å². The first-order valence-electron chi connectivity index (χ1n) is 5.33. The van der Waals surface area contributed by atoms with Crippen LogP contribution in [0.1, 0.15) is 4.88 Å². The molecule has 0 amide bonds. The second kappa shape index (κ2) is 6.79. The smallest absolute Gasteiger partial charge is 0.120 e. The minimum Gasteiger partial charge on any atom is -0.491 e. The molecule has 17 heavy (non-hydrogen) atoms. The molecule has 0 radical (unpaired) electrons. The largest absolute Gasteiger partial charge is 0.491 e. The maximum Gasteiger partial charge on any atom is 0.120 e. The normalized spacial score (nSPS) is 10.4. The van der Waals surface area contributed by atoms with Gasteiger partial charge in [-0.1, -0.05) is 28.1 Å². The minimum absolute atomic E-state index is 0.571. The number of ether oxygens (including phenoxy) is 2. The Balaban J connectivity index is 1.63. The Hall–Kier alpha value is -0.840. The van der Waals surface area contributed by atoms with Gasteiger partial charge in [-0.25, -0.2) is 0 Å². The number of benzene rings is 1. The second-order valence-corrected chi connectivity index (χ2v) is 5.39. The molecule has 2 rings (SSSR count). The summed E-state index contributed by atoms with van der Waals surface area (Å²) >= 11 is 5.11. The molecule has 2 aromatic rings. The van der Waals surface area contributed by atoms with Crippen LogP contribution in [0.5, 0.6) is 5.75 Å². The van der Waals surface area contributed by atoms with Gasteiger partial charge in [0.2, 0.25) is 0 Å². The van der Waals surface area contributed by atoms with Gasteiger partial charge in [-0.2, -0.15) is 0 Å². The number of hydrogen-bond acceptors (Lipinski definition) is 3. The standard InChI is InChI=1S/C13H13BrO2S/c14-11-3-1-4-12(9-11)16-7-6-15-10-13-5-2-8-17-13/h1-5,8-9H,6-7,10H2. The summed E-state index contributed by atoms with van der Waals surface area (Å²) in [6.45, 7) is 1.84. The van der Waals surface area contributed by atoms with E-state index in [0.717, 1.165) is 10.2 Å². The molecule has 0 saturated carbocycles. The Morgan fingerprint density at radius 3 is 2.82 bits per heavy atom. The summed E-state index contributed by atoms with van der Waals surface area (Å²) in [6, 6.07) is 11.9. The van der Waals surface area contributed by atoms with Crippen molar-refractivity contribution in [2.45, 2.75) is 6.61 Å². The highest BCUT2D eigenvalue weighted by molar-refractivity contribution is 9.10. The summed E-state index contributed by atoms with van der Waals surface area (Å²) in [4.78, 5) is 1.24. The average Bonchev–Trinajstić information content (AvgIpc) is 2.82. The lowest BCUT2D eigenvalue weighted by atomic mass is 10.3. The molecule has 0 aliphatic carbocycles. The first-order chi connectivity index (χ1) is 8.34. The highest BCUT2D eigenvalue weighted by Gasteiger charge is 1.96. The quantitative estimate of drug-likeness (QED) is 0.747. The molecule has 0 N–H and O–H groups in total. The fraction of sp³-hybridized carbons (Fsp3) is 0.231. The predicted octanol–water partition coefficient (Wildman–Crippen LogP) is 4.11. The Labute approximate surface area is 113 Å². The van der Waals surface area contributed by atoms with Gasteiger partial charge < -0.3 is 9.47 Å². The highest BCUT2D eigenvalue weighted by atomic mass is 79.9. The highest BCUT2D eigenvalue weighted by Crippen LogP contribution is 2.17. The minimum atomic E-state index is 0.571. The van der Waals surface area contributed by atoms with Gasteiger partial charge in [0.1, 0.15) is 12.4 Å². The van der Waals surface area contributed by atoms with Crippen LogP contribution in [0.25, 0.3) is 0 Å². The Kier molecular flexibility index (Phi) is 5.04. The van der Waals surface area contributed by atoms with Crippen LogP contribution < -0.4 is 4.74 Å². The molecule has 1 heterocycles. The average molecular weight is 313 g/mol. The van der Waals surface area contributed by atoms with E-state index in [1.807, 2.05) is 30.3 Å². The molecule has 0 unspecified atom stereocenters. The van der Waals surface area contributed by atoms with Gasteiger partial charge in [0.15, 0.2) is 0 Å². The Bertz CT molecular complexity index is 442. The molecule has 90 valence electrons. The third-order valence-corrected chi connectivity index (χ3v) is 3.46. The third-order valence-electron chi connectivity index (χ3n) is 2.12. The van der Waals surface area contributed by atoms with Crippen molar-refractivity contribution in [3.63, 3.8) is 0 Å². The topological polar surface area (TPSA) is 18.5 Å². The van der Waals surface area contributed by atoms with E-state index >= 15 is 0 Å². The van der Waals surface area contributed by atoms with Crippen molar-refractivity contribution in [2.75, 3.05) is 13.2 Å². The molecule has 0 spiro atoms. The molecular weight excluding hydrogens is 300 g/mol. The van der Waals surface area contributed by atoms with Gasteiger partial charge >= 0.3 is 0 Å². The molecule has 0 aliphatic rings. The maximum absolute atomic E-state index is 5.55. The zero-order chi connectivity index (χ0) is 11.9. The van der Waals surface area contributed by atoms with Crippen molar-refractivity contribution in [1.29, 1.82) is 0 Å². The SMILES string of the molecule is Brc1cccc(OCCOCc2cccs2)c1. The summed E-state index contributed by atoms with van der Waals surface area (Å²) in [7, 11) is 0. The molecule has 0 saturated heterocycles. The molecule has 1 aromatic heterocycles. The van der Waals surface area contributed by atoms with E-state index in [1.54, 1.807) is 11.3 Å². The molecule has 0 aliphatic heterocycles. The van der Waals surface area contributed by atoms with E-state index < -0.39 is 0 Å². The molecular formula is C13H13BrO2S. The fourth-order valence-electron chi connectivity index (χ4n) is 1.34. The van der Waals surface area contributed by atoms with Crippen LogP contribution in [0.15, 0.2) is 46.3 Å². The molecule has 2 nitrogen and oxygen atoms in total. The van der Waals surface area contributed by atoms with Crippen molar-refractivity contribution in [1.82, 2.24) is 0 Å². The molecule has 0 bridgehead atoms. The van der Waals surface area contributed by atoms with Crippen LogP contribution in [0, 0.1) is 0 Å². The van der Waals surface area contributed by atoms with Crippen LogP contribution in [0.4, 0.5) is 0 Å². The zero-order valence-corrected chi connectivity index (χ0v) is 11.7. The van der Waals surface area contributed by atoms with Gasteiger partial charge in [-0.3, -0.25) is 0 Å². The molecule has 1 aromatic carbocycles. The summed E-state index contributed by atoms with van der Waals surface area (Å²) < 4.78 is 12.1. The Morgan fingerprint density at radius 1 is 1.12 bits per heavy atom. The van der Waals surface area contributed by atoms with Gasteiger partial charge in [-0.05, 0) is 29.6 Å². The Morgan fingerprint density at radius 2 is 2.06 bits per heavy atom. The van der Waals surface area contributed by atoms with E-state index in [0.29, 0.717) is 19.8 Å². The van der Waals surface area contributed by atoms with Crippen LogP contribution in [0.2, 0.25) is 0 Å². The number of rotatable bonds is 6. The lowest BCUT2D eigenvalue weighted by molar-refractivity contribution is 0.0905. The number of thiophene rings is 1. The second-order valence-electron chi connectivity index (χ2n) is 3.44. The van der Waals surface area contributed by atoms with Crippen LogP contribution >= 0.6 is 27.3 Å². The lowest BCUT2D eigenvalue weighted by Crippen LogP contribution is -2.06. The summed E-state index contributed by atoms with van der Waals surface area (Å²) in [5, 5.41) is 2.05.